The number of unbranched alkanes of at least 4 members (excludes halogenated alkanes) is 1. The second-order valence-corrected chi connectivity index (χ2v) is 5.26. The molecule has 0 bridgehead atoms. The Labute approximate surface area is 133 Å². The Kier molecular flexibility index (Phi) is 6.78. The van der Waals surface area contributed by atoms with Crippen LogP contribution in [0.3, 0.4) is 0 Å². The van der Waals surface area contributed by atoms with Gasteiger partial charge in [-0.05, 0) is 30.2 Å². The molecule has 0 saturated heterocycles. The van der Waals surface area contributed by atoms with E-state index < -0.39 is 0 Å². The van der Waals surface area contributed by atoms with Crippen LogP contribution in [0.15, 0.2) is 48.5 Å². The maximum Gasteiger partial charge on any atom is 0.123 e. The molecular formula is C19H25NO2. The van der Waals surface area contributed by atoms with Gasteiger partial charge in [0.1, 0.15) is 11.5 Å². The molecule has 0 aliphatic carbocycles. The molecule has 118 valence electrons. The lowest BCUT2D eigenvalue weighted by molar-refractivity contribution is 0.305. The quantitative estimate of drug-likeness (QED) is 0.705. The SMILES string of the molecule is CCCCOc1ccccc1CNCc1ccc(OC)cc1. The molecule has 0 fully saturated rings. The Morgan fingerprint density at radius 2 is 1.73 bits per heavy atom. The largest absolute Gasteiger partial charge is 0.497 e. The normalized spacial score (nSPS) is 10.5. The minimum Gasteiger partial charge on any atom is -0.497 e. The summed E-state index contributed by atoms with van der Waals surface area (Å²) in [5.41, 5.74) is 2.44. The topological polar surface area (TPSA) is 30.5 Å². The average Bonchev–Trinajstić information content (AvgIpc) is 2.57. The van der Waals surface area contributed by atoms with Crippen LogP contribution in [0.4, 0.5) is 0 Å². The van der Waals surface area contributed by atoms with E-state index in [4.69, 9.17) is 9.47 Å². The van der Waals surface area contributed by atoms with Gasteiger partial charge in [0.25, 0.3) is 0 Å². The highest BCUT2D eigenvalue weighted by atomic mass is 16.5. The molecule has 0 heterocycles. The van der Waals surface area contributed by atoms with Crippen LogP contribution in [0.25, 0.3) is 0 Å². The van der Waals surface area contributed by atoms with Crippen LogP contribution in [-0.2, 0) is 13.1 Å². The van der Waals surface area contributed by atoms with Crippen LogP contribution in [0, 0.1) is 0 Å². The van der Waals surface area contributed by atoms with Crippen molar-refractivity contribution in [2.24, 2.45) is 0 Å². The molecular weight excluding hydrogens is 274 g/mol. The Hall–Kier alpha value is -2.00. The number of hydrogen-bond donors (Lipinski definition) is 1. The van der Waals surface area contributed by atoms with Crippen molar-refractivity contribution in [2.75, 3.05) is 13.7 Å². The molecule has 0 aliphatic rings. The van der Waals surface area contributed by atoms with E-state index in [0.29, 0.717) is 0 Å². The highest BCUT2D eigenvalue weighted by Crippen LogP contribution is 2.18. The van der Waals surface area contributed by atoms with Gasteiger partial charge in [-0.15, -0.1) is 0 Å². The molecule has 3 heteroatoms. The van der Waals surface area contributed by atoms with Crippen LogP contribution in [-0.4, -0.2) is 13.7 Å². The Morgan fingerprint density at radius 3 is 2.45 bits per heavy atom. The highest BCUT2D eigenvalue weighted by Gasteiger charge is 2.02. The van der Waals surface area contributed by atoms with Crippen LogP contribution in [0.2, 0.25) is 0 Å². The summed E-state index contributed by atoms with van der Waals surface area (Å²) in [6, 6.07) is 16.4. The van der Waals surface area contributed by atoms with E-state index in [0.717, 1.165) is 44.0 Å². The molecule has 2 aromatic rings. The van der Waals surface area contributed by atoms with Gasteiger partial charge in [-0.3, -0.25) is 0 Å². The predicted molar refractivity (Wildman–Crippen MR) is 90.4 cm³/mol. The molecule has 0 unspecified atom stereocenters. The number of para-hydroxylation sites is 1. The summed E-state index contributed by atoms with van der Waals surface area (Å²) in [6.45, 7) is 4.58. The van der Waals surface area contributed by atoms with Gasteiger partial charge in [-0.25, -0.2) is 0 Å². The fraction of sp³-hybridized carbons (Fsp3) is 0.368. The molecule has 0 amide bonds. The van der Waals surface area contributed by atoms with Gasteiger partial charge >= 0.3 is 0 Å². The number of nitrogens with one attached hydrogen (secondary N) is 1. The van der Waals surface area contributed by atoms with E-state index in [1.807, 2.05) is 24.3 Å². The summed E-state index contributed by atoms with van der Waals surface area (Å²) >= 11 is 0. The van der Waals surface area contributed by atoms with E-state index >= 15 is 0 Å². The second-order valence-electron chi connectivity index (χ2n) is 5.26. The van der Waals surface area contributed by atoms with Crippen molar-refractivity contribution in [3.63, 3.8) is 0 Å². The van der Waals surface area contributed by atoms with Crippen LogP contribution < -0.4 is 14.8 Å². The van der Waals surface area contributed by atoms with Crippen molar-refractivity contribution >= 4 is 0 Å². The molecule has 0 aromatic heterocycles. The van der Waals surface area contributed by atoms with E-state index in [9.17, 15) is 0 Å². The first kappa shape index (κ1) is 16.4. The van der Waals surface area contributed by atoms with E-state index in [2.05, 4.69) is 36.5 Å². The summed E-state index contributed by atoms with van der Waals surface area (Å²) in [7, 11) is 1.68. The van der Waals surface area contributed by atoms with Crippen molar-refractivity contribution in [2.45, 2.75) is 32.9 Å². The summed E-state index contributed by atoms with van der Waals surface area (Å²) in [6.07, 6.45) is 2.24. The summed E-state index contributed by atoms with van der Waals surface area (Å²) < 4.78 is 11.0. The lowest BCUT2D eigenvalue weighted by Crippen LogP contribution is -2.13. The van der Waals surface area contributed by atoms with Gasteiger partial charge in [0.15, 0.2) is 0 Å². The summed E-state index contributed by atoms with van der Waals surface area (Å²) in [4.78, 5) is 0. The Balaban J connectivity index is 1.85. The first-order chi connectivity index (χ1) is 10.8. The van der Waals surface area contributed by atoms with E-state index in [1.165, 1.54) is 11.1 Å². The average molecular weight is 299 g/mol. The third-order valence-electron chi connectivity index (χ3n) is 3.53. The summed E-state index contributed by atoms with van der Waals surface area (Å²) in [5, 5.41) is 3.47. The zero-order chi connectivity index (χ0) is 15.6. The Morgan fingerprint density at radius 1 is 0.955 bits per heavy atom. The minimum absolute atomic E-state index is 0.784. The number of ether oxygens (including phenoxy) is 2. The minimum atomic E-state index is 0.784. The van der Waals surface area contributed by atoms with Gasteiger partial charge in [0, 0.05) is 18.7 Å². The van der Waals surface area contributed by atoms with E-state index in [1.54, 1.807) is 7.11 Å². The van der Waals surface area contributed by atoms with Crippen molar-refractivity contribution < 1.29 is 9.47 Å². The predicted octanol–water partition coefficient (Wildman–Crippen LogP) is 4.16. The molecule has 0 spiro atoms. The first-order valence-corrected chi connectivity index (χ1v) is 7.88. The van der Waals surface area contributed by atoms with Crippen molar-refractivity contribution in [3.05, 3.63) is 59.7 Å². The molecule has 0 saturated carbocycles. The molecule has 2 rings (SSSR count). The smallest absolute Gasteiger partial charge is 0.123 e. The number of benzene rings is 2. The van der Waals surface area contributed by atoms with Gasteiger partial charge in [0.05, 0.1) is 13.7 Å². The maximum atomic E-state index is 5.85. The molecule has 0 aliphatic heterocycles. The second kappa shape index (κ2) is 9.11. The molecule has 0 atom stereocenters. The summed E-state index contributed by atoms with van der Waals surface area (Å²) in [5.74, 6) is 1.87. The van der Waals surface area contributed by atoms with Crippen LogP contribution >= 0.6 is 0 Å². The number of hydrogen-bond acceptors (Lipinski definition) is 3. The fourth-order valence-corrected chi connectivity index (χ4v) is 2.20. The molecule has 3 nitrogen and oxygen atoms in total. The molecule has 2 aromatic carbocycles. The van der Waals surface area contributed by atoms with Gasteiger partial charge in [-0.2, -0.15) is 0 Å². The van der Waals surface area contributed by atoms with Gasteiger partial charge < -0.3 is 14.8 Å². The third-order valence-corrected chi connectivity index (χ3v) is 3.53. The van der Waals surface area contributed by atoms with E-state index in [-0.39, 0.29) is 0 Å². The first-order valence-electron chi connectivity index (χ1n) is 7.88. The zero-order valence-corrected chi connectivity index (χ0v) is 13.5. The highest BCUT2D eigenvalue weighted by molar-refractivity contribution is 5.33. The standard InChI is InChI=1S/C19H25NO2/c1-3-4-13-22-19-8-6-5-7-17(19)15-20-14-16-9-11-18(21-2)12-10-16/h5-12,20H,3-4,13-15H2,1-2H3. The number of methoxy groups -OCH3 is 1. The van der Waals surface area contributed by atoms with Crippen molar-refractivity contribution in [1.29, 1.82) is 0 Å². The van der Waals surface area contributed by atoms with Crippen LogP contribution in [0.1, 0.15) is 30.9 Å². The van der Waals surface area contributed by atoms with Crippen molar-refractivity contribution in [1.82, 2.24) is 5.32 Å². The Bertz CT molecular complexity index is 552. The molecule has 1 N–H and O–H groups in total. The molecule has 0 radical (unpaired) electrons. The van der Waals surface area contributed by atoms with Crippen LogP contribution in [0.5, 0.6) is 11.5 Å². The third kappa shape index (κ3) is 5.08. The van der Waals surface area contributed by atoms with Gasteiger partial charge in [0.2, 0.25) is 0 Å². The van der Waals surface area contributed by atoms with Gasteiger partial charge in [-0.1, -0.05) is 43.7 Å². The van der Waals surface area contributed by atoms with Crippen molar-refractivity contribution in [3.8, 4) is 11.5 Å². The fourth-order valence-electron chi connectivity index (χ4n) is 2.20. The lowest BCUT2D eigenvalue weighted by atomic mass is 10.2. The maximum absolute atomic E-state index is 5.85. The monoisotopic (exact) mass is 299 g/mol. The number of rotatable bonds is 9. The zero-order valence-electron chi connectivity index (χ0n) is 13.5. The lowest BCUT2D eigenvalue weighted by Gasteiger charge is -2.12. The molecule has 22 heavy (non-hydrogen) atoms.